The van der Waals surface area contributed by atoms with Gasteiger partial charge >= 0.3 is 6.09 Å². The number of ether oxygens (including phenoxy) is 1. The van der Waals surface area contributed by atoms with E-state index in [-0.39, 0.29) is 41.5 Å². The number of likely N-dealkylation sites (N-methyl/N-ethyl adjacent to an activating group) is 1. The second-order valence-corrected chi connectivity index (χ2v) is 37.8. The third-order valence-corrected chi connectivity index (χ3v) is 27.8. The lowest BCUT2D eigenvalue weighted by atomic mass is 10.0. The maximum atomic E-state index is 12.6. The number of rotatable bonds is 21. The SMILES string of the molecule is CCN1CCc2c(c3ccccc3n2Cc2ccc(C(=O)NC)cc2)C1.CNC(=O)c1ccc(Cn2c3c(c4ccccc42)CN(C(=O)OC(C)(C)C)CC3)cc1.CNC(=O)c1ccc(Cn2c3c(c4ccccc42)CN(CCC(N)=O)CC3)cc1.CNC(=O)c1ccc(Cn2c3c(c4ccccc42)CN(Cc2ccncc2)CC3)cc1.CNC(=O)c1ccc(Cn2c3c(c4ccccc42)CNCC3)cc1. The Bertz CT molecular complexity index is 7210. The highest BCUT2D eigenvalue weighted by molar-refractivity contribution is 5.97. The number of para-hydroxylation sites is 5. The first-order valence-corrected chi connectivity index (χ1v) is 49.1. The summed E-state index contributed by atoms with van der Waals surface area (Å²) in [5.41, 5.74) is 35.6. The quantitative estimate of drug-likeness (QED) is 0.0353. The number of nitrogens with one attached hydrogen (secondary N) is 6. The van der Waals surface area contributed by atoms with Crippen molar-refractivity contribution in [3.8, 4) is 0 Å². The zero-order chi connectivity index (χ0) is 98.4. The maximum Gasteiger partial charge on any atom is 0.410 e. The Hall–Kier alpha value is -15.0. The van der Waals surface area contributed by atoms with Gasteiger partial charge in [-0.15, -0.1) is 0 Å². The lowest BCUT2D eigenvalue weighted by molar-refractivity contribution is -0.118. The van der Waals surface area contributed by atoms with E-state index in [9.17, 15) is 33.6 Å². The molecule has 21 rings (SSSR count). The zero-order valence-electron chi connectivity index (χ0n) is 82.2. The Kier molecular flexibility index (Phi) is 30.7. The number of hydrogen-bond donors (Lipinski definition) is 7. The summed E-state index contributed by atoms with van der Waals surface area (Å²) in [7, 11) is 8.25. The summed E-state index contributed by atoms with van der Waals surface area (Å²) in [5, 5.41) is 23.3. The second kappa shape index (κ2) is 44.4. The lowest BCUT2D eigenvalue weighted by Crippen LogP contribution is -2.40. The van der Waals surface area contributed by atoms with Crippen molar-refractivity contribution in [2.75, 3.05) is 81.1 Å². The van der Waals surface area contributed by atoms with E-state index in [1.165, 1.54) is 128 Å². The van der Waals surface area contributed by atoms with Gasteiger partial charge in [0.25, 0.3) is 29.5 Å². The van der Waals surface area contributed by atoms with Crippen LogP contribution in [0.15, 0.2) is 267 Å². The average Bonchev–Trinajstić information content (AvgIpc) is 1.47. The number of nitrogens with zero attached hydrogens (tertiary/aromatic N) is 10. The molecule has 0 unspecified atom stereocenters. The number of fused-ring (bicyclic) bond motifs is 15. The number of nitrogens with two attached hydrogens (primary N) is 1. The van der Waals surface area contributed by atoms with E-state index >= 15 is 0 Å². The van der Waals surface area contributed by atoms with E-state index in [1.807, 2.05) is 142 Å². The molecule has 7 amide bonds. The molecule has 6 aromatic heterocycles. The van der Waals surface area contributed by atoms with E-state index in [0.717, 1.165) is 147 Å². The number of amides is 7. The number of primary amides is 1. The molecule has 5 aliphatic rings. The molecule has 0 radical (unpaired) electrons. The van der Waals surface area contributed by atoms with Crippen molar-refractivity contribution in [2.45, 2.75) is 144 Å². The monoisotopic (exact) mass is 1890 g/mol. The third kappa shape index (κ3) is 22.3. The fourth-order valence-electron chi connectivity index (χ4n) is 20.5. The van der Waals surface area contributed by atoms with Crippen molar-refractivity contribution in [1.82, 2.24) is 79.3 Å². The molecule has 8 N–H and O–H groups in total. The molecule has 0 aliphatic carbocycles. The summed E-state index contributed by atoms with van der Waals surface area (Å²) in [4.78, 5) is 95.9. The maximum absolute atomic E-state index is 12.6. The van der Waals surface area contributed by atoms with Gasteiger partial charge in [-0.3, -0.25) is 48.5 Å². The van der Waals surface area contributed by atoms with Crippen LogP contribution in [0, 0.1) is 0 Å². The van der Waals surface area contributed by atoms with Crippen LogP contribution >= 0.6 is 0 Å². The molecule has 16 aromatic rings. The first-order chi connectivity index (χ1) is 68.5. The summed E-state index contributed by atoms with van der Waals surface area (Å²) in [6.45, 7) is 23.7. The van der Waals surface area contributed by atoms with Crippen LogP contribution in [0.3, 0.4) is 0 Å². The standard InChI is InChI=1S/C26H26N4O.C25H29N3O3.C23H26N4O2.C22H25N3O.C20H21N3O/c1-27-26(31)21-8-6-19(7-9-21)17-30-24-5-3-2-4-22(24)23-18-29(15-12-25(23)30)16-20-10-13-28-14-11-20;1-25(2,3)31-24(30)27-14-13-22-20(16-27)19-7-5-6-8-21(19)28(22)15-17-9-11-18(12-10-17)23(29)26-4;1-25-23(29)17-8-6-16(7-9-17)14-27-20-5-3-2-4-18(20)19-15-26(12-10-21(19)27)13-11-22(24)28;1-3-24-13-12-21-19(15-24)18-6-4-5-7-20(18)25(21)14-16-8-10-17(11-9-16)22(26)23-2;1-21-20(24)15-8-6-14(7-9-15)13-23-18-5-3-2-4-16(18)17-12-22-11-10-19(17)23/h2-11,13-14H,12,15-18H2,1H3,(H,27,31);5-12H,13-16H2,1-4H3,(H,26,29);2-9H,10-15H2,1H3,(H2,24,28)(H,25,29);4-11H,3,12-15H2,1-2H3,(H,23,26);2-9,22H,10-13H2,1H3,(H,21,24). The van der Waals surface area contributed by atoms with Crippen molar-refractivity contribution < 1.29 is 38.3 Å². The zero-order valence-corrected chi connectivity index (χ0v) is 82.2. The van der Waals surface area contributed by atoms with Crippen LogP contribution in [0.1, 0.15) is 176 Å². The summed E-state index contributed by atoms with van der Waals surface area (Å²) in [6.07, 6.45) is 8.77. The number of carbonyl (C=O) groups excluding carboxylic acids is 7. The van der Waals surface area contributed by atoms with E-state index in [2.05, 4.69) is 227 Å². The average molecular weight is 1890 g/mol. The predicted molar refractivity (Wildman–Crippen MR) is 560 cm³/mol. The second-order valence-electron chi connectivity index (χ2n) is 37.8. The Morgan fingerprint density at radius 2 is 0.624 bits per heavy atom. The Labute approximate surface area is 824 Å². The van der Waals surface area contributed by atoms with E-state index in [0.29, 0.717) is 53.9 Å². The Morgan fingerprint density at radius 3 is 0.950 bits per heavy atom. The third-order valence-electron chi connectivity index (χ3n) is 27.8. The van der Waals surface area contributed by atoms with E-state index in [1.54, 1.807) is 40.1 Å². The van der Waals surface area contributed by atoms with Crippen molar-refractivity contribution >= 4 is 96.1 Å². The minimum atomic E-state index is -0.508. The lowest BCUT2D eigenvalue weighted by Gasteiger charge is -2.30. The number of pyridine rings is 1. The topological polar surface area (TPSA) is 277 Å². The van der Waals surface area contributed by atoms with Crippen molar-refractivity contribution in [1.29, 1.82) is 0 Å². The normalized spacial score (nSPS) is 13.9. The van der Waals surface area contributed by atoms with Gasteiger partial charge < -0.3 is 70.1 Å². The molecule has 25 heteroatoms. The fraction of sp³-hybridized carbons (Fsp3) is 0.293. The van der Waals surface area contributed by atoms with Crippen molar-refractivity contribution in [3.05, 3.63) is 385 Å². The Balaban J connectivity index is 0.000000122. The van der Waals surface area contributed by atoms with Crippen LogP contribution in [0.25, 0.3) is 54.5 Å². The molecule has 10 aromatic carbocycles. The van der Waals surface area contributed by atoms with Gasteiger partial charge in [0.15, 0.2) is 0 Å². The largest absolute Gasteiger partial charge is 0.444 e. The fourth-order valence-corrected chi connectivity index (χ4v) is 20.5. The molecular formula is C116H127N17O8. The summed E-state index contributed by atoms with van der Waals surface area (Å²) in [5.74, 6) is -0.548. The van der Waals surface area contributed by atoms with Crippen LogP contribution in [0.2, 0.25) is 0 Å². The molecule has 5 aliphatic heterocycles. The molecule has 141 heavy (non-hydrogen) atoms. The molecule has 0 atom stereocenters. The number of carbonyl (C=O) groups is 7. The van der Waals surface area contributed by atoms with Gasteiger partial charge in [0.2, 0.25) is 5.91 Å². The Morgan fingerprint density at radius 1 is 0.340 bits per heavy atom. The smallest absolute Gasteiger partial charge is 0.410 e. The molecular weight excluding hydrogens is 1760 g/mol. The van der Waals surface area contributed by atoms with Crippen LogP contribution in [0.5, 0.6) is 0 Å². The van der Waals surface area contributed by atoms with Crippen LogP contribution < -0.4 is 37.6 Å². The highest BCUT2D eigenvalue weighted by Crippen LogP contribution is 2.39. The highest BCUT2D eigenvalue weighted by Gasteiger charge is 2.33. The van der Waals surface area contributed by atoms with Gasteiger partial charge in [0, 0.05) is 307 Å². The van der Waals surface area contributed by atoms with Gasteiger partial charge in [-0.1, -0.05) is 159 Å². The van der Waals surface area contributed by atoms with Gasteiger partial charge in [-0.2, -0.15) is 0 Å². The molecule has 0 fully saturated rings. The molecule has 0 bridgehead atoms. The number of aromatic nitrogens is 6. The molecule has 11 heterocycles. The van der Waals surface area contributed by atoms with Gasteiger partial charge in [0.1, 0.15) is 5.60 Å². The van der Waals surface area contributed by atoms with Gasteiger partial charge in [0.05, 0.1) is 6.54 Å². The van der Waals surface area contributed by atoms with Crippen molar-refractivity contribution in [3.63, 3.8) is 0 Å². The van der Waals surface area contributed by atoms with E-state index in [4.69, 9.17) is 10.5 Å². The summed E-state index contributed by atoms with van der Waals surface area (Å²) in [6, 6.07) is 86.4. The molecule has 0 spiro atoms. The summed E-state index contributed by atoms with van der Waals surface area (Å²) < 4.78 is 17.7. The number of benzene rings is 10. The molecule has 724 valence electrons. The van der Waals surface area contributed by atoms with Crippen LogP contribution in [-0.4, -0.2) is 176 Å². The minimum absolute atomic E-state index is 0.0417. The highest BCUT2D eigenvalue weighted by atomic mass is 16.6. The van der Waals surface area contributed by atoms with Gasteiger partial charge in [-0.25, -0.2) is 4.79 Å². The predicted octanol–water partition coefficient (Wildman–Crippen LogP) is 16.7. The molecule has 0 saturated heterocycles. The van der Waals surface area contributed by atoms with Crippen LogP contribution in [-0.2, 0) is 114 Å². The molecule has 0 saturated carbocycles. The van der Waals surface area contributed by atoms with Gasteiger partial charge in [-0.05, 0) is 186 Å². The van der Waals surface area contributed by atoms with E-state index < -0.39 is 5.60 Å². The minimum Gasteiger partial charge on any atom is -0.444 e. The summed E-state index contributed by atoms with van der Waals surface area (Å²) >= 11 is 0. The van der Waals surface area contributed by atoms with Crippen LogP contribution in [0.4, 0.5) is 4.79 Å². The first kappa shape index (κ1) is 97.6. The molecule has 25 nitrogen and oxygen atoms in total. The first-order valence-electron chi connectivity index (χ1n) is 49.1. The van der Waals surface area contributed by atoms with Crippen molar-refractivity contribution in [2.24, 2.45) is 5.73 Å². The number of hydrogen-bond acceptors (Lipinski definition) is 13.